The van der Waals surface area contributed by atoms with E-state index in [1.54, 1.807) is 30.4 Å². The topological polar surface area (TPSA) is 60.7 Å². The first-order valence-electron chi connectivity index (χ1n) is 4.72. The van der Waals surface area contributed by atoms with Gasteiger partial charge in [0.05, 0.1) is 0 Å². The van der Waals surface area contributed by atoms with Crippen LogP contribution in [0.25, 0.3) is 5.57 Å². The quantitative estimate of drug-likeness (QED) is 0.641. The van der Waals surface area contributed by atoms with Gasteiger partial charge in [-0.1, -0.05) is 24.3 Å². The molecule has 0 bridgehead atoms. The van der Waals surface area contributed by atoms with E-state index < -0.39 is 12.2 Å². The van der Waals surface area contributed by atoms with Crippen molar-refractivity contribution in [2.45, 2.75) is 12.2 Å². The van der Waals surface area contributed by atoms with Gasteiger partial charge >= 0.3 is 0 Å². The van der Waals surface area contributed by atoms with Crippen LogP contribution in [0.15, 0.2) is 42.5 Å². The lowest BCUT2D eigenvalue weighted by Crippen LogP contribution is -2.23. The van der Waals surface area contributed by atoms with Gasteiger partial charge in [-0.25, -0.2) is 0 Å². The summed E-state index contributed by atoms with van der Waals surface area (Å²) >= 11 is 0. The number of allylic oxidation sites excluding steroid dienone is 2. The Morgan fingerprint density at radius 3 is 2.53 bits per heavy atom. The highest BCUT2D eigenvalue weighted by atomic mass is 16.3. The third kappa shape index (κ3) is 2.09. The molecule has 0 amide bonds. The second kappa shape index (κ2) is 3.88. The van der Waals surface area contributed by atoms with E-state index in [2.05, 4.69) is 0 Å². The Hall–Kier alpha value is -1.58. The number of hydrogen-bond acceptors (Lipinski definition) is 3. The molecule has 1 aromatic carbocycles. The maximum Gasteiger partial charge on any atom is 0.116 e. The van der Waals surface area contributed by atoms with Crippen LogP contribution in [0.2, 0.25) is 0 Å². The van der Waals surface area contributed by atoms with Crippen LogP contribution in [0.5, 0.6) is 5.75 Å². The van der Waals surface area contributed by atoms with E-state index in [0.29, 0.717) is 0 Å². The molecular formula is C12H12O3. The van der Waals surface area contributed by atoms with Crippen LogP contribution in [0.4, 0.5) is 0 Å². The first kappa shape index (κ1) is 9.96. The Bertz CT molecular complexity index is 421. The second-order valence-electron chi connectivity index (χ2n) is 3.51. The smallest absolute Gasteiger partial charge is 0.116 e. The molecule has 3 nitrogen and oxygen atoms in total. The van der Waals surface area contributed by atoms with Crippen molar-refractivity contribution in [3.05, 3.63) is 48.1 Å². The van der Waals surface area contributed by atoms with Crippen molar-refractivity contribution in [1.29, 1.82) is 0 Å². The first-order valence-corrected chi connectivity index (χ1v) is 4.72. The van der Waals surface area contributed by atoms with Gasteiger partial charge in [-0.15, -0.1) is 0 Å². The van der Waals surface area contributed by atoms with Gasteiger partial charge < -0.3 is 15.3 Å². The number of aliphatic hydroxyl groups excluding tert-OH is 2. The van der Waals surface area contributed by atoms with E-state index >= 15 is 0 Å². The van der Waals surface area contributed by atoms with Gasteiger partial charge in [0.2, 0.25) is 0 Å². The van der Waals surface area contributed by atoms with Crippen LogP contribution >= 0.6 is 0 Å². The summed E-state index contributed by atoms with van der Waals surface area (Å²) in [6, 6.07) is 6.76. The minimum Gasteiger partial charge on any atom is -0.508 e. The number of aliphatic hydroxyl groups is 2. The fraction of sp³-hybridized carbons (Fsp3) is 0.167. The molecule has 2 rings (SSSR count). The van der Waals surface area contributed by atoms with E-state index in [4.69, 9.17) is 0 Å². The van der Waals surface area contributed by atoms with Crippen molar-refractivity contribution >= 4 is 5.57 Å². The fourth-order valence-electron chi connectivity index (χ4n) is 1.53. The predicted molar refractivity (Wildman–Crippen MR) is 57.2 cm³/mol. The summed E-state index contributed by atoms with van der Waals surface area (Å²) < 4.78 is 0. The SMILES string of the molecule is Oc1cccc(C2=CC(O)C(O)C=C2)c1. The van der Waals surface area contributed by atoms with Crippen LogP contribution < -0.4 is 0 Å². The second-order valence-corrected chi connectivity index (χ2v) is 3.51. The monoisotopic (exact) mass is 204 g/mol. The van der Waals surface area contributed by atoms with E-state index in [1.807, 2.05) is 6.07 Å². The van der Waals surface area contributed by atoms with Gasteiger partial charge in [0, 0.05) is 0 Å². The number of phenolic OH excluding ortho intramolecular Hbond substituents is 1. The minimum absolute atomic E-state index is 0.183. The summed E-state index contributed by atoms with van der Waals surface area (Å²) in [5.74, 6) is 0.183. The maximum atomic E-state index is 9.44. The lowest BCUT2D eigenvalue weighted by atomic mass is 9.96. The third-order valence-electron chi connectivity index (χ3n) is 2.35. The van der Waals surface area contributed by atoms with E-state index in [-0.39, 0.29) is 5.75 Å². The van der Waals surface area contributed by atoms with E-state index in [0.717, 1.165) is 11.1 Å². The number of hydrogen-bond donors (Lipinski definition) is 3. The normalized spacial score (nSPS) is 25.1. The molecule has 1 aromatic rings. The zero-order valence-electron chi connectivity index (χ0n) is 8.04. The molecular weight excluding hydrogens is 192 g/mol. The molecule has 0 spiro atoms. The van der Waals surface area contributed by atoms with Crippen LogP contribution in [0.1, 0.15) is 5.56 Å². The Labute approximate surface area is 87.6 Å². The zero-order valence-corrected chi connectivity index (χ0v) is 8.04. The molecule has 0 heterocycles. The van der Waals surface area contributed by atoms with Crippen LogP contribution in [0, 0.1) is 0 Å². The standard InChI is InChI=1S/C12H12O3/c13-10-3-1-2-8(6-10)9-4-5-11(14)12(15)7-9/h1-7,11-15H. The van der Waals surface area contributed by atoms with Gasteiger partial charge in [0.1, 0.15) is 18.0 Å². The van der Waals surface area contributed by atoms with Crippen molar-refractivity contribution < 1.29 is 15.3 Å². The van der Waals surface area contributed by atoms with Gasteiger partial charge in [0.15, 0.2) is 0 Å². The molecule has 2 atom stereocenters. The van der Waals surface area contributed by atoms with Crippen LogP contribution in [-0.2, 0) is 0 Å². The average molecular weight is 204 g/mol. The van der Waals surface area contributed by atoms with Crippen molar-refractivity contribution in [3.63, 3.8) is 0 Å². The highest BCUT2D eigenvalue weighted by Crippen LogP contribution is 2.24. The molecule has 78 valence electrons. The van der Waals surface area contributed by atoms with Crippen LogP contribution in [0.3, 0.4) is 0 Å². The lowest BCUT2D eigenvalue weighted by Gasteiger charge is -2.17. The van der Waals surface area contributed by atoms with Crippen molar-refractivity contribution in [2.75, 3.05) is 0 Å². The largest absolute Gasteiger partial charge is 0.508 e. The van der Waals surface area contributed by atoms with Gasteiger partial charge in [-0.2, -0.15) is 0 Å². The number of benzene rings is 1. The average Bonchev–Trinajstić information content (AvgIpc) is 2.22. The van der Waals surface area contributed by atoms with E-state index in [9.17, 15) is 15.3 Å². The van der Waals surface area contributed by atoms with Crippen molar-refractivity contribution in [1.82, 2.24) is 0 Å². The Kier molecular flexibility index (Phi) is 2.58. The summed E-state index contributed by atoms with van der Waals surface area (Å²) in [6.45, 7) is 0. The van der Waals surface area contributed by atoms with E-state index in [1.165, 1.54) is 6.08 Å². The molecule has 0 aliphatic heterocycles. The van der Waals surface area contributed by atoms with Gasteiger partial charge in [-0.05, 0) is 29.3 Å². The van der Waals surface area contributed by atoms with Crippen molar-refractivity contribution in [2.24, 2.45) is 0 Å². The fourth-order valence-corrected chi connectivity index (χ4v) is 1.53. The lowest BCUT2D eigenvalue weighted by molar-refractivity contribution is 0.0799. The molecule has 1 aliphatic carbocycles. The molecule has 0 saturated carbocycles. The Morgan fingerprint density at radius 1 is 1.07 bits per heavy atom. The third-order valence-corrected chi connectivity index (χ3v) is 2.35. The van der Waals surface area contributed by atoms with Gasteiger partial charge in [-0.3, -0.25) is 0 Å². The van der Waals surface area contributed by atoms with Crippen molar-refractivity contribution in [3.8, 4) is 5.75 Å². The summed E-state index contributed by atoms with van der Waals surface area (Å²) in [7, 11) is 0. The summed E-state index contributed by atoms with van der Waals surface area (Å²) in [5, 5.41) is 28.0. The van der Waals surface area contributed by atoms with Crippen LogP contribution in [-0.4, -0.2) is 27.5 Å². The van der Waals surface area contributed by atoms with Gasteiger partial charge in [0.25, 0.3) is 0 Å². The first-order chi connectivity index (χ1) is 7.16. The number of phenols is 1. The number of rotatable bonds is 1. The predicted octanol–water partition coefficient (Wildman–Crippen LogP) is 1.07. The molecule has 3 heteroatoms. The molecule has 0 fully saturated rings. The highest BCUT2D eigenvalue weighted by Gasteiger charge is 2.16. The molecule has 1 aliphatic rings. The molecule has 0 saturated heterocycles. The summed E-state index contributed by atoms with van der Waals surface area (Å²) in [6.07, 6.45) is 3.11. The Morgan fingerprint density at radius 2 is 1.87 bits per heavy atom. The summed E-state index contributed by atoms with van der Waals surface area (Å²) in [5.41, 5.74) is 1.61. The molecule has 2 unspecified atom stereocenters. The summed E-state index contributed by atoms with van der Waals surface area (Å²) in [4.78, 5) is 0. The maximum absolute atomic E-state index is 9.44. The molecule has 0 radical (unpaired) electrons. The molecule has 15 heavy (non-hydrogen) atoms. The Balaban J connectivity index is 2.33. The number of aromatic hydroxyl groups is 1. The zero-order chi connectivity index (χ0) is 10.8. The minimum atomic E-state index is -0.882. The molecule has 0 aromatic heterocycles. The highest BCUT2D eigenvalue weighted by molar-refractivity contribution is 5.76. The molecule has 3 N–H and O–H groups in total.